The molecule has 0 aromatic heterocycles. The van der Waals surface area contributed by atoms with Gasteiger partial charge in [0.1, 0.15) is 4.90 Å². The van der Waals surface area contributed by atoms with E-state index in [1.165, 1.54) is 18.2 Å². The molecule has 0 radical (unpaired) electrons. The topological polar surface area (TPSA) is 83.5 Å². The van der Waals surface area contributed by atoms with Gasteiger partial charge in [-0.1, -0.05) is 26.0 Å². The number of hydrogen-bond acceptors (Lipinski definition) is 3. The molecule has 0 aliphatic heterocycles. The summed E-state index contributed by atoms with van der Waals surface area (Å²) in [6, 6.07) is 5.73. The largest absolute Gasteiger partial charge is 0.325 e. The first-order valence-corrected chi connectivity index (χ1v) is 6.67. The molecule has 2 N–H and O–H groups in total. The van der Waals surface area contributed by atoms with Gasteiger partial charge in [-0.05, 0) is 18.6 Å². The van der Waals surface area contributed by atoms with Crippen molar-refractivity contribution in [3.63, 3.8) is 0 Å². The second kappa shape index (κ2) is 5.29. The summed E-state index contributed by atoms with van der Waals surface area (Å²) in [5.74, 6) is -0.493. The van der Waals surface area contributed by atoms with Crippen LogP contribution >= 0.6 is 0 Å². The Balaban J connectivity index is 3.04. The fourth-order valence-electron chi connectivity index (χ4n) is 1.24. The van der Waals surface area contributed by atoms with Crippen LogP contribution in [0.4, 0.5) is 5.69 Å². The SMILES string of the molecule is CCC(C)C(=O)Nc1ccccc1S(=O)(=O)O. The fraction of sp³-hybridized carbons (Fsp3) is 0.364. The van der Waals surface area contributed by atoms with E-state index in [0.717, 1.165) is 0 Å². The highest BCUT2D eigenvalue weighted by molar-refractivity contribution is 7.86. The van der Waals surface area contributed by atoms with E-state index < -0.39 is 10.1 Å². The van der Waals surface area contributed by atoms with Gasteiger partial charge in [-0.15, -0.1) is 0 Å². The van der Waals surface area contributed by atoms with Gasteiger partial charge >= 0.3 is 0 Å². The van der Waals surface area contributed by atoms with Gasteiger partial charge in [-0.2, -0.15) is 8.42 Å². The van der Waals surface area contributed by atoms with Crippen molar-refractivity contribution >= 4 is 21.7 Å². The van der Waals surface area contributed by atoms with Crippen molar-refractivity contribution in [2.24, 2.45) is 5.92 Å². The molecule has 1 atom stereocenters. The van der Waals surface area contributed by atoms with Crippen LogP contribution in [-0.4, -0.2) is 18.9 Å². The second-order valence-corrected chi connectivity index (χ2v) is 5.16. The van der Waals surface area contributed by atoms with Gasteiger partial charge in [-0.25, -0.2) is 0 Å². The maximum absolute atomic E-state index is 11.6. The molecule has 0 spiro atoms. The highest BCUT2D eigenvalue weighted by Crippen LogP contribution is 2.21. The quantitative estimate of drug-likeness (QED) is 0.807. The van der Waals surface area contributed by atoms with Crippen LogP contribution in [0.5, 0.6) is 0 Å². The molecule has 0 saturated heterocycles. The molecule has 0 fully saturated rings. The van der Waals surface area contributed by atoms with Crippen molar-refractivity contribution in [2.75, 3.05) is 5.32 Å². The third-order valence-electron chi connectivity index (χ3n) is 2.48. The number of anilines is 1. The molecule has 1 unspecified atom stereocenters. The molecule has 0 bridgehead atoms. The smallest absolute Gasteiger partial charge is 0.296 e. The molecule has 1 aromatic rings. The van der Waals surface area contributed by atoms with Gasteiger partial charge in [0.15, 0.2) is 0 Å². The lowest BCUT2D eigenvalue weighted by atomic mass is 10.1. The number of amides is 1. The minimum absolute atomic E-state index is 0.0975. The maximum atomic E-state index is 11.6. The van der Waals surface area contributed by atoms with Gasteiger partial charge in [-0.3, -0.25) is 9.35 Å². The minimum Gasteiger partial charge on any atom is -0.325 e. The number of benzene rings is 1. The Morgan fingerprint density at radius 2 is 2.00 bits per heavy atom. The minimum atomic E-state index is -4.33. The molecular formula is C11H15NO4S. The Kier molecular flexibility index (Phi) is 4.25. The number of para-hydroxylation sites is 1. The van der Waals surface area contributed by atoms with Gasteiger partial charge in [0.2, 0.25) is 5.91 Å². The molecule has 0 aliphatic rings. The first kappa shape index (κ1) is 13.7. The summed E-state index contributed by atoms with van der Waals surface area (Å²) in [4.78, 5) is 11.3. The number of carbonyl (C=O) groups is 1. The Hall–Kier alpha value is -1.40. The molecule has 0 aliphatic carbocycles. The van der Waals surface area contributed by atoms with Gasteiger partial charge in [0.25, 0.3) is 10.1 Å². The van der Waals surface area contributed by atoms with Crippen LogP contribution in [-0.2, 0) is 14.9 Å². The standard InChI is InChI=1S/C11H15NO4S/c1-3-8(2)11(13)12-9-6-4-5-7-10(9)17(14,15)16/h4-8H,3H2,1-2H3,(H,12,13)(H,14,15,16). The van der Waals surface area contributed by atoms with Crippen LogP contribution in [0.3, 0.4) is 0 Å². The van der Waals surface area contributed by atoms with Crippen molar-refractivity contribution < 1.29 is 17.8 Å². The van der Waals surface area contributed by atoms with E-state index in [1.54, 1.807) is 13.0 Å². The third-order valence-corrected chi connectivity index (χ3v) is 3.39. The molecule has 94 valence electrons. The summed E-state index contributed by atoms with van der Waals surface area (Å²) in [5, 5.41) is 2.49. The first-order chi connectivity index (χ1) is 7.86. The van der Waals surface area contributed by atoms with Crippen molar-refractivity contribution in [3.05, 3.63) is 24.3 Å². The van der Waals surface area contributed by atoms with Crippen molar-refractivity contribution in [1.29, 1.82) is 0 Å². The Labute approximate surface area is 101 Å². The maximum Gasteiger partial charge on any atom is 0.296 e. The Morgan fingerprint density at radius 3 is 2.53 bits per heavy atom. The Morgan fingerprint density at radius 1 is 1.41 bits per heavy atom. The first-order valence-electron chi connectivity index (χ1n) is 5.23. The average molecular weight is 257 g/mol. The third kappa shape index (κ3) is 3.54. The Bertz CT molecular complexity index is 510. The van der Waals surface area contributed by atoms with Crippen LogP contribution in [0.15, 0.2) is 29.2 Å². The van der Waals surface area contributed by atoms with Gasteiger partial charge in [0, 0.05) is 5.92 Å². The van der Waals surface area contributed by atoms with E-state index in [1.807, 2.05) is 6.92 Å². The molecule has 0 saturated carbocycles. The van der Waals surface area contributed by atoms with E-state index in [9.17, 15) is 13.2 Å². The zero-order chi connectivity index (χ0) is 13.1. The molecule has 1 amide bonds. The predicted molar refractivity (Wildman–Crippen MR) is 64.3 cm³/mol. The molecule has 6 heteroatoms. The van der Waals surface area contributed by atoms with Gasteiger partial charge in [0.05, 0.1) is 5.69 Å². The summed E-state index contributed by atoms with van der Waals surface area (Å²) in [7, 11) is -4.33. The highest BCUT2D eigenvalue weighted by atomic mass is 32.2. The molecule has 0 heterocycles. The van der Waals surface area contributed by atoms with E-state index in [2.05, 4.69) is 5.32 Å². The lowest BCUT2D eigenvalue weighted by Gasteiger charge is -2.12. The molecule has 5 nitrogen and oxygen atoms in total. The highest BCUT2D eigenvalue weighted by Gasteiger charge is 2.18. The van der Waals surface area contributed by atoms with Crippen molar-refractivity contribution in [1.82, 2.24) is 0 Å². The molecule has 1 rings (SSSR count). The van der Waals surface area contributed by atoms with E-state index in [4.69, 9.17) is 4.55 Å². The summed E-state index contributed by atoms with van der Waals surface area (Å²) in [5.41, 5.74) is 0.0975. The molecule has 17 heavy (non-hydrogen) atoms. The number of nitrogens with one attached hydrogen (secondary N) is 1. The second-order valence-electron chi connectivity index (χ2n) is 3.77. The number of carbonyl (C=O) groups excluding carboxylic acids is 1. The summed E-state index contributed by atoms with van der Waals surface area (Å²) < 4.78 is 31.2. The molecular weight excluding hydrogens is 242 g/mol. The normalized spacial score (nSPS) is 13.1. The predicted octanol–water partition coefficient (Wildman–Crippen LogP) is 1.92. The van der Waals surface area contributed by atoms with E-state index in [-0.39, 0.29) is 22.4 Å². The van der Waals surface area contributed by atoms with Crippen molar-refractivity contribution in [3.8, 4) is 0 Å². The summed E-state index contributed by atoms with van der Waals surface area (Å²) in [6.45, 7) is 3.60. The number of hydrogen-bond donors (Lipinski definition) is 2. The van der Waals surface area contributed by atoms with E-state index >= 15 is 0 Å². The average Bonchev–Trinajstić information content (AvgIpc) is 2.27. The van der Waals surface area contributed by atoms with Crippen LogP contribution in [0.1, 0.15) is 20.3 Å². The van der Waals surface area contributed by atoms with Crippen LogP contribution < -0.4 is 5.32 Å². The van der Waals surface area contributed by atoms with E-state index in [0.29, 0.717) is 6.42 Å². The lowest BCUT2D eigenvalue weighted by molar-refractivity contribution is -0.119. The zero-order valence-corrected chi connectivity index (χ0v) is 10.5. The monoisotopic (exact) mass is 257 g/mol. The van der Waals surface area contributed by atoms with Crippen LogP contribution in [0.25, 0.3) is 0 Å². The number of rotatable bonds is 4. The zero-order valence-electron chi connectivity index (χ0n) is 9.67. The van der Waals surface area contributed by atoms with Crippen LogP contribution in [0, 0.1) is 5.92 Å². The lowest BCUT2D eigenvalue weighted by Crippen LogP contribution is -2.21. The summed E-state index contributed by atoms with van der Waals surface area (Å²) >= 11 is 0. The molecule has 1 aromatic carbocycles. The van der Waals surface area contributed by atoms with Crippen molar-refractivity contribution in [2.45, 2.75) is 25.2 Å². The summed E-state index contributed by atoms with van der Waals surface area (Å²) in [6.07, 6.45) is 0.653. The van der Waals surface area contributed by atoms with Gasteiger partial charge < -0.3 is 5.32 Å². The fourth-order valence-corrected chi connectivity index (χ4v) is 1.88. The van der Waals surface area contributed by atoms with Crippen LogP contribution in [0.2, 0.25) is 0 Å².